The molecule has 1 aliphatic rings. The average Bonchev–Trinajstić information content (AvgIpc) is 3.46. The minimum atomic E-state index is -5.32. The third kappa shape index (κ3) is 4.31. The predicted molar refractivity (Wildman–Crippen MR) is 135 cm³/mol. The second kappa shape index (κ2) is 9.30. The number of nitrogens with one attached hydrogen (secondary N) is 1. The highest BCUT2D eigenvalue weighted by atomic mass is 19.4. The molecule has 0 radical (unpaired) electrons. The van der Waals surface area contributed by atoms with Gasteiger partial charge in [-0.3, -0.25) is 9.59 Å². The number of rotatable bonds is 6. The first-order valence-electron chi connectivity index (χ1n) is 12.0. The van der Waals surface area contributed by atoms with Crippen LogP contribution in [0.2, 0.25) is 0 Å². The minimum absolute atomic E-state index is 0.0196. The highest BCUT2D eigenvalue weighted by Gasteiger charge is 2.57. The van der Waals surface area contributed by atoms with Crippen molar-refractivity contribution in [3.8, 4) is 17.0 Å². The van der Waals surface area contributed by atoms with E-state index < -0.39 is 47.1 Å². The maximum atomic E-state index is 14.5. The van der Waals surface area contributed by atoms with Crippen molar-refractivity contribution in [2.75, 3.05) is 13.2 Å². The lowest BCUT2D eigenvalue weighted by atomic mass is 9.81. The topological polar surface area (TPSA) is 132 Å². The lowest BCUT2D eigenvalue weighted by Crippen LogP contribution is -2.51. The molecule has 1 unspecified atom stereocenters. The predicted octanol–water partition coefficient (Wildman–Crippen LogP) is 3.09. The highest BCUT2D eigenvalue weighted by Crippen LogP contribution is 2.47. The summed E-state index contributed by atoms with van der Waals surface area (Å²) in [5.74, 6) is -2.38. The molecule has 4 N–H and O–H groups in total. The number of aromatic nitrogens is 3. The minimum Gasteiger partial charge on any atom is -0.489 e. The van der Waals surface area contributed by atoms with Gasteiger partial charge in [-0.05, 0) is 55.5 Å². The van der Waals surface area contributed by atoms with Gasteiger partial charge in [0, 0.05) is 23.7 Å². The van der Waals surface area contributed by atoms with Gasteiger partial charge in [-0.2, -0.15) is 13.2 Å². The molecular weight excluding hydrogens is 534 g/mol. The third-order valence-electron chi connectivity index (χ3n) is 7.12. The molecule has 208 valence electrons. The first-order chi connectivity index (χ1) is 18.7. The lowest BCUT2D eigenvalue weighted by molar-refractivity contribution is -0.265. The number of primary amides is 1. The van der Waals surface area contributed by atoms with Crippen LogP contribution >= 0.6 is 0 Å². The summed E-state index contributed by atoms with van der Waals surface area (Å²) < 4.78 is 64.5. The number of carbonyl (C=O) groups is 2. The Kier molecular flexibility index (Phi) is 6.29. The Bertz CT molecular complexity index is 1650. The Hall–Kier alpha value is -4.52. The molecule has 40 heavy (non-hydrogen) atoms. The summed E-state index contributed by atoms with van der Waals surface area (Å²) in [6.07, 6.45) is -3.80. The number of nitrogens with zero attached hydrogens (tertiary/aromatic N) is 3. The molecule has 0 saturated carbocycles. The molecule has 0 aliphatic carbocycles. The van der Waals surface area contributed by atoms with E-state index in [4.69, 9.17) is 10.5 Å². The average molecular weight is 558 g/mol. The molecule has 1 aliphatic heterocycles. The van der Waals surface area contributed by atoms with Crippen LogP contribution in [-0.2, 0) is 22.9 Å². The number of nitrogens with two attached hydrogens (primary N) is 1. The Morgan fingerprint density at radius 1 is 1.18 bits per heavy atom. The van der Waals surface area contributed by atoms with Crippen molar-refractivity contribution >= 4 is 22.8 Å². The van der Waals surface area contributed by atoms with Crippen LogP contribution in [0, 0.1) is 5.82 Å². The number of imidazole rings is 1. The molecule has 2 amide bonds. The third-order valence-corrected chi connectivity index (χ3v) is 7.12. The van der Waals surface area contributed by atoms with E-state index >= 15 is 0 Å². The maximum absolute atomic E-state index is 14.5. The molecule has 0 bridgehead atoms. The SMILES string of the molecule is Cn1cnc2cc(C(=O)NCC(O)(c3cc4c(c(-c5ccc(F)cc5)n3)OC[C@]4(C)C(N)=O)C(F)(F)F)ccc21. The quantitative estimate of drug-likeness (QED) is 0.312. The zero-order valence-corrected chi connectivity index (χ0v) is 21.2. The van der Waals surface area contributed by atoms with Crippen molar-refractivity contribution in [3.05, 3.63) is 77.5 Å². The van der Waals surface area contributed by atoms with Crippen LogP contribution in [0.25, 0.3) is 22.3 Å². The van der Waals surface area contributed by atoms with Gasteiger partial charge in [-0.15, -0.1) is 0 Å². The van der Waals surface area contributed by atoms with Crippen LogP contribution in [-0.4, -0.2) is 50.8 Å². The smallest absolute Gasteiger partial charge is 0.424 e. The first-order valence-corrected chi connectivity index (χ1v) is 12.0. The van der Waals surface area contributed by atoms with Crippen molar-refractivity contribution in [2.24, 2.45) is 12.8 Å². The number of amides is 2. The molecule has 5 rings (SSSR count). The van der Waals surface area contributed by atoms with Gasteiger partial charge in [0.05, 0.1) is 29.6 Å². The van der Waals surface area contributed by atoms with Crippen LogP contribution < -0.4 is 15.8 Å². The fraction of sp³-hybridized carbons (Fsp3) is 0.259. The van der Waals surface area contributed by atoms with Gasteiger partial charge in [-0.25, -0.2) is 14.4 Å². The van der Waals surface area contributed by atoms with Crippen molar-refractivity contribution in [1.29, 1.82) is 0 Å². The molecule has 2 aromatic carbocycles. The van der Waals surface area contributed by atoms with Crippen molar-refractivity contribution in [3.63, 3.8) is 0 Å². The number of halogens is 4. The molecular formula is C27H23F4N5O4. The van der Waals surface area contributed by atoms with E-state index in [-0.39, 0.29) is 34.7 Å². The van der Waals surface area contributed by atoms with E-state index in [0.717, 1.165) is 18.2 Å². The van der Waals surface area contributed by atoms with Crippen molar-refractivity contribution < 1.29 is 37.0 Å². The summed E-state index contributed by atoms with van der Waals surface area (Å²) in [6, 6.07) is 10.0. The summed E-state index contributed by atoms with van der Waals surface area (Å²) in [5.41, 5.74) is 0.595. The molecule has 0 spiro atoms. The maximum Gasteiger partial charge on any atom is 0.424 e. The Labute approximate surface area is 224 Å². The van der Waals surface area contributed by atoms with Gasteiger partial charge < -0.3 is 25.5 Å². The molecule has 9 nitrogen and oxygen atoms in total. The first kappa shape index (κ1) is 27.1. The van der Waals surface area contributed by atoms with Gasteiger partial charge in [0.25, 0.3) is 5.91 Å². The van der Waals surface area contributed by atoms with E-state index in [1.165, 1.54) is 37.5 Å². The van der Waals surface area contributed by atoms with E-state index in [1.54, 1.807) is 17.7 Å². The number of pyridine rings is 1. The van der Waals surface area contributed by atoms with Crippen LogP contribution in [0.4, 0.5) is 17.6 Å². The standard InChI is InChI=1S/C27H23F4N5O4/c1-25(24(32)38)12-40-22-17(25)10-20(35-21(22)14-3-6-16(28)7-4-14)26(39,27(29,30)31)11-33-23(37)15-5-8-19-18(9-15)34-13-36(19)2/h3-10,13,39H,11-12H2,1-2H3,(H2,32,38)(H,33,37)/t25-,26?/m0/s1. The largest absolute Gasteiger partial charge is 0.489 e. The number of carbonyl (C=O) groups excluding carboxylic acids is 2. The number of ether oxygens (including phenoxy) is 1. The van der Waals surface area contributed by atoms with Crippen LogP contribution in [0.5, 0.6) is 5.75 Å². The Balaban J connectivity index is 1.58. The number of hydrogen-bond acceptors (Lipinski definition) is 6. The number of alkyl halides is 3. The van der Waals surface area contributed by atoms with Gasteiger partial charge in [0.15, 0.2) is 0 Å². The Morgan fingerprint density at radius 2 is 1.88 bits per heavy atom. The summed E-state index contributed by atoms with van der Waals surface area (Å²) in [5, 5.41) is 13.2. The number of fused-ring (bicyclic) bond motifs is 2. The summed E-state index contributed by atoms with van der Waals surface area (Å²) in [7, 11) is 1.75. The molecule has 0 saturated heterocycles. The van der Waals surface area contributed by atoms with E-state index in [0.29, 0.717) is 11.0 Å². The van der Waals surface area contributed by atoms with E-state index in [2.05, 4.69) is 15.3 Å². The molecule has 3 heterocycles. The molecule has 0 fully saturated rings. The zero-order valence-electron chi connectivity index (χ0n) is 21.2. The molecule has 4 aromatic rings. The van der Waals surface area contributed by atoms with Gasteiger partial charge in [0.2, 0.25) is 11.5 Å². The van der Waals surface area contributed by atoms with Gasteiger partial charge in [-0.1, -0.05) is 0 Å². The highest BCUT2D eigenvalue weighted by molar-refractivity contribution is 5.97. The Morgan fingerprint density at radius 3 is 2.52 bits per heavy atom. The van der Waals surface area contributed by atoms with E-state index in [1.807, 2.05) is 0 Å². The lowest BCUT2D eigenvalue weighted by Gasteiger charge is -2.31. The second-order valence-corrected chi connectivity index (χ2v) is 9.82. The monoisotopic (exact) mass is 557 g/mol. The fourth-order valence-electron chi connectivity index (χ4n) is 4.53. The summed E-state index contributed by atoms with van der Waals surface area (Å²) >= 11 is 0. The van der Waals surface area contributed by atoms with Crippen LogP contribution in [0.3, 0.4) is 0 Å². The molecule has 2 aromatic heterocycles. The number of aryl methyl sites for hydroxylation is 1. The fourth-order valence-corrected chi connectivity index (χ4v) is 4.53. The number of aliphatic hydroxyl groups is 1. The van der Waals surface area contributed by atoms with Gasteiger partial charge >= 0.3 is 6.18 Å². The summed E-state index contributed by atoms with van der Waals surface area (Å²) in [4.78, 5) is 33.4. The second-order valence-electron chi connectivity index (χ2n) is 9.82. The van der Waals surface area contributed by atoms with Crippen molar-refractivity contribution in [2.45, 2.75) is 24.1 Å². The van der Waals surface area contributed by atoms with Gasteiger partial charge in [0.1, 0.15) is 29.3 Å². The number of hydrogen-bond donors (Lipinski definition) is 3. The van der Waals surface area contributed by atoms with E-state index in [9.17, 15) is 32.3 Å². The number of benzene rings is 2. The van der Waals surface area contributed by atoms with Crippen molar-refractivity contribution in [1.82, 2.24) is 19.9 Å². The van der Waals surface area contributed by atoms with Crippen LogP contribution in [0.1, 0.15) is 28.5 Å². The van der Waals surface area contributed by atoms with Crippen LogP contribution in [0.15, 0.2) is 54.9 Å². The molecule has 2 atom stereocenters. The summed E-state index contributed by atoms with van der Waals surface area (Å²) in [6.45, 7) is -0.200. The normalized spacial score (nSPS) is 18.2. The molecule has 13 heteroatoms. The zero-order chi connectivity index (χ0) is 29.0.